The third-order valence-electron chi connectivity index (χ3n) is 4.46. The standard InChI is InChI=1S/C16H23N3S/c1-11(2)15-18-13-9-12(17)5-6-14(13)19(15)10-16(20-3)7-4-8-16/h5-6,9,11H,4,7-8,10,17H2,1-3H3. The van der Waals surface area contributed by atoms with Gasteiger partial charge >= 0.3 is 0 Å². The summed E-state index contributed by atoms with van der Waals surface area (Å²) in [5.41, 5.74) is 8.95. The number of hydrogen-bond donors (Lipinski definition) is 1. The van der Waals surface area contributed by atoms with Gasteiger partial charge in [0.15, 0.2) is 0 Å². The Morgan fingerprint density at radius 1 is 1.40 bits per heavy atom. The van der Waals surface area contributed by atoms with E-state index in [1.54, 1.807) is 0 Å². The topological polar surface area (TPSA) is 43.8 Å². The van der Waals surface area contributed by atoms with Gasteiger partial charge in [0.2, 0.25) is 0 Å². The van der Waals surface area contributed by atoms with Gasteiger partial charge in [-0.15, -0.1) is 0 Å². The number of benzene rings is 1. The van der Waals surface area contributed by atoms with Crippen molar-refractivity contribution in [3.05, 3.63) is 24.0 Å². The zero-order chi connectivity index (χ0) is 14.3. The molecule has 3 rings (SSSR count). The van der Waals surface area contributed by atoms with E-state index in [-0.39, 0.29) is 0 Å². The van der Waals surface area contributed by atoms with Crippen molar-refractivity contribution in [2.24, 2.45) is 0 Å². The fourth-order valence-electron chi connectivity index (χ4n) is 3.06. The molecule has 3 nitrogen and oxygen atoms in total. The molecule has 1 fully saturated rings. The van der Waals surface area contributed by atoms with Gasteiger partial charge in [0.1, 0.15) is 5.82 Å². The number of nitrogens with zero attached hydrogens (tertiary/aromatic N) is 2. The van der Waals surface area contributed by atoms with Crippen molar-refractivity contribution in [3.8, 4) is 0 Å². The number of fused-ring (bicyclic) bond motifs is 1. The Bertz CT molecular complexity index is 620. The van der Waals surface area contributed by atoms with Crippen molar-refractivity contribution in [1.82, 2.24) is 9.55 Å². The quantitative estimate of drug-likeness (QED) is 0.864. The van der Waals surface area contributed by atoms with E-state index in [1.807, 2.05) is 23.9 Å². The monoisotopic (exact) mass is 289 g/mol. The summed E-state index contributed by atoms with van der Waals surface area (Å²) in [5, 5.41) is 0. The first-order valence-corrected chi connectivity index (χ1v) is 8.58. The summed E-state index contributed by atoms with van der Waals surface area (Å²) in [4.78, 5) is 4.82. The molecule has 1 heterocycles. The number of rotatable bonds is 4. The van der Waals surface area contributed by atoms with E-state index < -0.39 is 0 Å². The summed E-state index contributed by atoms with van der Waals surface area (Å²) in [5.74, 6) is 1.62. The number of aromatic nitrogens is 2. The molecule has 20 heavy (non-hydrogen) atoms. The van der Waals surface area contributed by atoms with Crippen molar-refractivity contribution in [1.29, 1.82) is 0 Å². The highest BCUT2D eigenvalue weighted by Crippen LogP contribution is 2.45. The predicted molar refractivity (Wildman–Crippen MR) is 88.3 cm³/mol. The molecule has 2 aromatic rings. The second-order valence-electron chi connectivity index (χ2n) is 6.20. The van der Waals surface area contributed by atoms with Crippen LogP contribution in [0.25, 0.3) is 11.0 Å². The van der Waals surface area contributed by atoms with Crippen molar-refractivity contribution >= 4 is 28.5 Å². The Kier molecular flexibility index (Phi) is 3.44. The molecule has 1 aliphatic rings. The van der Waals surface area contributed by atoms with Crippen LogP contribution in [-0.2, 0) is 6.54 Å². The molecular weight excluding hydrogens is 266 g/mol. The van der Waals surface area contributed by atoms with Crippen molar-refractivity contribution < 1.29 is 0 Å². The van der Waals surface area contributed by atoms with Crippen LogP contribution in [0.15, 0.2) is 18.2 Å². The van der Waals surface area contributed by atoms with Gasteiger partial charge in [-0.1, -0.05) is 20.3 Å². The van der Waals surface area contributed by atoms with Crippen LogP contribution in [0.3, 0.4) is 0 Å². The van der Waals surface area contributed by atoms with Crippen molar-refractivity contribution in [2.75, 3.05) is 12.0 Å². The highest BCUT2D eigenvalue weighted by atomic mass is 32.2. The van der Waals surface area contributed by atoms with Gasteiger partial charge in [0.25, 0.3) is 0 Å². The molecule has 0 bridgehead atoms. The highest BCUT2D eigenvalue weighted by molar-refractivity contribution is 8.00. The molecule has 0 spiro atoms. The number of nitrogens with two attached hydrogens (primary N) is 1. The van der Waals surface area contributed by atoms with Crippen LogP contribution in [0.4, 0.5) is 5.69 Å². The lowest BCUT2D eigenvalue weighted by Crippen LogP contribution is -2.38. The molecule has 0 atom stereocenters. The van der Waals surface area contributed by atoms with Gasteiger partial charge in [0.05, 0.1) is 11.0 Å². The van der Waals surface area contributed by atoms with Crippen LogP contribution >= 0.6 is 11.8 Å². The predicted octanol–water partition coefficient (Wildman–Crippen LogP) is 4.03. The summed E-state index contributed by atoms with van der Waals surface area (Å²) in [6.07, 6.45) is 6.24. The van der Waals surface area contributed by atoms with Crippen molar-refractivity contribution in [3.63, 3.8) is 0 Å². The molecular formula is C16H23N3S. The van der Waals surface area contributed by atoms with Gasteiger partial charge in [-0.25, -0.2) is 4.98 Å². The average Bonchev–Trinajstić information content (AvgIpc) is 2.71. The molecule has 1 aliphatic carbocycles. The number of nitrogen functional groups attached to an aromatic ring is 1. The van der Waals surface area contributed by atoms with Crippen LogP contribution in [0.1, 0.15) is 44.9 Å². The van der Waals surface area contributed by atoms with Crippen LogP contribution in [0.5, 0.6) is 0 Å². The summed E-state index contributed by atoms with van der Waals surface area (Å²) >= 11 is 2.02. The third-order valence-corrected chi connectivity index (χ3v) is 5.87. The summed E-state index contributed by atoms with van der Waals surface area (Å²) in [6.45, 7) is 5.50. The number of imidazole rings is 1. The van der Waals surface area contributed by atoms with Crippen LogP contribution in [0, 0.1) is 0 Å². The summed E-state index contributed by atoms with van der Waals surface area (Å²) in [7, 11) is 0. The lowest BCUT2D eigenvalue weighted by atomic mass is 9.84. The lowest BCUT2D eigenvalue weighted by molar-refractivity contribution is 0.320. The molecule has 0 saturated heterocycles. The Morgan fingerprint density at radius 2 is 2.15 bits per heavy atom. The molecule has 2 N–H and O–H groups in total. The van der Waals surface area contributed by atoms with E-state index >= 15 is 0 Å². The van der Waals surface area contributed by atoms with Crippen LogP contribution in [-0.4, -0.2) is 20.6 Å². The largest absolute Gasteiger partial charge is 0.399 e. The first kappa shape index (κ1) is 13.8. The molecule has 1 aromatic heterocycles. The zero-order valence-corrected chi connectivity index (χ0v) is 13.3. The Labute approximate surface area is 124 Å². The van der Waals surface area contributed by atoms with Crippen molar-refractivity contribution in [2.45, 2.75) is 50.3 Å². The molecule has 4 heteroatoms. The van der Waals surface area contributed by atoms with E-state index in [4.69, 9.17) is 10.7 Å². The second-order valence-corrected chi connectivity index (χ2v) is 7.47. The van der Waals surface area contributed by atoms with E-state index in [9.17, 15) is 0 Å². The number of hydrogen-bond acceptors (Lipinski definition) is 3. The SMILES string of the molecule is CSC1(Cn2c(C(C)C)nc3cc(N)ccc32)CCC1. The van der Waals surface area contributed by atoms with E-state index in [1.165, 1.54) is 30.6 Å². The Balaban J connectivity index is 2.09. The summed E-state index contributed by atoms with van der Waals surface area (Å²) < 4.78 is 2.84. The maximum Gasteiger partial charge on any atom is 0.112 e. The van der Waals surface area contributed by atoms with E-state index in [0.29, 0.717) is 10.7 Å². The summed E-state index contributed by atoms with van der Waals surface area (Å²) in [6, 6.07) is 6.09. The molecule has 0 aliphatic heterocycles. The zero-order valence-electron chi connectivity index (χ0n) is 12.5. The Hall–Kier alpha value is -1.16. The molecule has 0 amide bonds. The first-order valence-electron chi connectivity index (χ1n) is 7.35. The number of thioether (sulfide) groups is 1. The molecule has 108 valence electrons. The lowest BCUT2D eigenvalue weighted by Gasteiger charge is -2.41. The molecule has 1 saturated carbocycles. The normalized spacial score (nSPS) is 17.6. The molecule has 1 aromatic carbocycles. The van der Waals surface area contributed by atoms with Gasteiger partial charge in [-0.05, 0) is 37.3 Å². The second kappa shape index (κ2) is 4.99. The average molecular weight is 289 g/mol. The molecule has 0 radical (unpaired) electrons. The fraction of sp³-hybridized carbons (Fsp3) is 0.562. The van der Waals surface area contributed by atoms with Gasteiger partial charge in [-0.2, -0.15) is 11.8 Å². The van der Waals surface area contributed by atoms with Gasteiger partial charge < -0.3 is 10.3 Å². The Morgan fingerprint density at radius 3 is 2.70 bits per heavy atom. The van der Waals surface area contributed by atoms with E-state index in [0.717, 1.165) is 17.7 Å². The molecule has 0 unspecified atom stereocenters. The van der Waals surface area contributed by atoms with Crippen LogP contribution in [0.2, 0.25) is 0 Å². The minimum atomic E-state index is 0.415. The van der Waals surface area contributed by atoms with Gasteiger partial charge in [0, 0.05) is 22.9 Å². The minimum absolute atomic E-state index is 0.415. The maximum absolute atomic E-state index is 5.90. The smallest absolute Gasteiger partial charge is 0.112 e. The van der Waals surface area contributed by atoms with Gasteiger partial charge in [-0.3, -0.25) is 0 Å². The number of anilines is 1. The third kappa shape index (κ3) is 2.20. The van der Waals surface area contributed by atoms with E-state index in [2.05, 4.69) is 30.7 Å². The fourth-order valence-corrected chi connectivity index (χ4v) is 4.01. The maximum atomic E-state index is 5.90. The van der Waals surface area contributed by atoms with Crippen LogP contribution < -0.4 is 5.73 Å². The first-order chi connectivity index (χ1) is 9.54. The highest BCUT2D eigenvalue weighted by Gasteiger charge is 2.37. The minimum Gasteiger partial charge on any atom is -0.399 e.